The Morgan fingerprint density at radius 2 is 2.32 bits per heavy atom. The molecular weight excluding hydrogens is 246 g/mol. The van der Waals surface area contributed by atoms with E-state index in [-0.39, 0.29) is 5.91 Å². The van der Waals surface area contributed by atoms with Crippen molar-refractivity contribution < 1.29 is 13.9 Å². The number of hydrogen-bond acceptors (Lipinski definition) is 5. The topological polar surface area (TPSA) is 81.6 Å². The van der Waals surface area contributed by atoms with Gasteiger partial charge in [-0.2, -0.15) is 0 Å². The lowest BCUT2D eigenvalue weighted by atomic mass is 9.96. The molecule has 1 aromatic rings. The number of oxazole rings is 1. The molecule has 1 fully saturated rings. The second kappa shape index (κ2) is 5.30. The molecule has 0 saturated carbocycles. The number of nitrogens with two attached hydrogens (primary N) is 1. The van der Waals surface area contributed by atoms with E-state index in [0.29, 0.717) is 19.0 Å². The van der Waals surface area contributed by atoms with Crippen LogP contribution in [0.15, 0.2) is 4.42 Å². The third-order valence-corrected chi connectivity index (χ3v) is 3.86. The molecule has 1 aliphatic rings. The Morgan fingerprint density at radius 1 is 1.58 bits per heavy atom. The minimum atomic E-state index is -0.731. The van der Waals surface area contributed by atoms with Gasteiger partial charge >= 0.3 is 0 Å². The zero-order valence-corrected chi connectivity index (χ0v) is 11.7. The fourth-order valence-corrected chi connectivity index (χ4v) is 2.69. The number of carbonyl (C=O) groups excluding carboxylic acids is 1. The third kappa shape index (κ3) is 2.50. The van der Waals surface area contributed by atoms with Crippen LogP contribution in [0.4, 0.5) is 0 Å². The summed E-state index contributed by atoms with van der Waals surface area (Å²) in [7, 11) is 1.58. The number of carbonyl (C=O) groups is 1. The summed E-state index contributed by atoms with van der Waals surface area (Å²) in [6.45, 7) is 5.38. The average Bonchev–Trinajstić information content (AvgIpc) is 2.86. The molecule has 6 heteroatoms. The van der Waals surface area contributed by atoms with Crippen molar-refractivity contribution in [3.63, 3.8) is 0 Å². The van der Waals surface area contributed by atoms with E-state index < -0.39 is 5.54 Å². The maximum atomic E-state index is 11.8. The molecule has 6 nitrogen and oxygen atoms in total. The third-order valence-electron chi connectivity index (χ3n) is 3.86. The summed E-state index contributed by atoms with van der Waals surface area (Å²) in [6.07, 6.45) is 1.64. The second-order valence-electron chi connectivity index (χ2n) is 5.10. The van der Waals surface area contributed by atoms with E-state index in [1.54, 1.807) is 7.11 Å². The predicted octanol–water partition coefficient (Wildman–Crippen LogP) is 0.758. The molecule has 2 heterocycles. The molecule has 0 aromatic carbocycles. The maximum Gasteiger partial charge on any atom is 0.240 e. The van der Waals surface area contributed by atoms with Crippen LogP contribution in [0.3, 0.4) is 0 Å². The predicted molar refractivity (Wildman–Crippen MR) is 69.4 cm³/mol. The first-order chi connectivity index (χ1) is 8.99. The van der Waals surface area contributed by atoms with Gasteiger partial charge < -0.3 is 14.9 Å². The number of hydrogen-bond donors (Lipinski definition) is 1. The minimum absolute atomic E-state index is 0.307. The summed E-state index contributed by atoms with van der Waals surface area (Å²) in [4.78, 5) is 18.2. The monoisotopic (exact) mass is 267 g/mol. The lowest BCUT2D eigenvalue weighted by molar-refractivity contribution is -0.132. The van der Waals surface area contributed by atoms with Crippen LogP contribution in [0.25, 0.3) is 0 Å². The van der Waals surface area contributed by atoms with Gasteiger partial charge in [-0.1, -0.05) is 0 Å². The van der Waals surface area contributed by atoms with Gasteiger partial charge in [-0.05, 0) is 33.2 Å². The molecule has 1 aromatic heterocycles. The number of aromatic nitrogens is 1. The number of aryl methyl sites for hydroxylation is 2. The molecule has 2 N–H and O–H groups in total. The molecule has 1 atom stereocenters. The first-order valence-electron chi connectivity index (χ1n) is 6.46. The van der Waals surface area contributed by atoms with Gasteiger partial charge in [-0.3, -0.25) is 9.69 Å². The van der Waals surface area contributed by atoms with Gasteiger partial charge in [-0.25, -0.2) is 4.98 Å². The summed E-state index contributed by atoms with van der Waals surface area (Å²) in [6, 6.07) is 0. The van der Waals surface area contributed by atoms with Crippen molar-refractivity contribution >= 4 is 5.91 Å². The number of primary amides is 1. The van der Waals surface area contributed by atoms with E-state index in [9.17, 15) is 4.79 Å². The van der Waals surface area contributed by atoms with Crippen LogP contribution in [0.1, 0.15) is 30.2 Å². The van der Waals surface area contributed by atoms with Crippen LogP contribution >= 0.6 is 0 Å². The number of nitrogens with zero attached hydrogens (tertiary/aromatic N) is 2. The fraction of sp³-hybridized carbons (Fsp3) is 0.692. The highest BCUT2D eigenvalue weighted by Gasteiger charge is 2.46. The zero-order chi connectivity index (χ0) is 14.0. The van der Waals surface area contributed by atoms with Gasteiger partial charge in [-0.15, -0.1) is 0 Å². The van der Waals surface area contributed by atoms with Crippen LogP contribution in [0.2, 0.25) is 0 Å². The van der Waals surface area contributed by atoms with Gasteiger partial charge in [0.1, 0.15) is 11.3 Å². The second-order valence-corrected chi connectivity index (χ2v) is 5.10. The molecule has 1 saturated heterocycles. The van der Waals surface area contributed by atoms with Crippen LogP contribution < -0.4 is 5.73 Å². The van der Waals surface area contributed by atoms with Gasteiger partial charge in [0.25, 0.3) is 0 Å². The Hall–Kier alpha value is -1.40. The lowest BCUT2D eigenvalue weighted by Gasteiger charge is -2.34. The van der Waals surface area contributed by atoms with Crippen molar-refractivity contribution in [1.82, 2.24) is 9.88 Å². The lowest BCUT2D eigenvalue weighted by Crippen LogP contribution is -2.56. The van der Waals surface area contributed by atoms with E-state index in [0.717, 1.165) is 30.8 Å². The first-order valence-corrected chi connectivity index (χ1v) is 6.46. The summed E-state index contributed by atoms with van der Waals surface area (Å²) in [5.74, 6) is 1.09. The van der Waals surface area contributed by atoms with Crippen LogP contribution in [-0.4, -0.2) is 41.6 Å². The Balaban J connectivity index is 2.20. The van der Waals surface area contributed by atoms with Gasteiger partial charge in [0.15, 0.2) is 0 Å². The maximum absolute atomic E-state index is 11.8. The molecule has 1 amide bonds. The van der Waals surface area contributed by atoms with Crippen LogP contribution in [0.5, 0.6) is 0 Å². The number of methoxy groups -OCH3 is 1. The summed E-state index contributed by atoms with van der Waals surface area (Å²) in [5.41, 5.74) is 5.74. The van der Waals surface area contributed by atoms with Gasteiger partial charge in [0, 0.05) is 7.11 Å². The molecule has 0 radical (unpaired) electrons. The zero-order valence-electron chi connectivity index (χ0n) is 11.7. The molecule has 2 rings (SSSR count). The molecule has 1 aliphatic heterocycles. The van der Waals surface area contributed by atoms with Crippen molar-refractivity contribution in [3.05, 3.63) is 17.3 Å². The molecule has 106 valence electrons. The standard InChI is InChI=1S/C13H21N3O3/c1-9-10(2)19-11(15-9)7-16-6-4-5-13(16,8-18-3)12(14)17/h4-8H2,1-3H3,(H2,14,17). The van der Waals surface area contributed by atoms with Crippen molar-refractivity contribution in [2.24, 2.45) is 5.73 Å². The normalized spacial score (nSPS) is 23.9. The van der Waals surface area contributed by atoms with Crippen molar-refractivity contribution in [2.45, 2.75) is 38.8 Å². The Morgan fingerprint density at radius 3 is 2.84 bits per heavy atom. The SMILES string of the molecule is COCC1(C(N)=O)CCCN1Cc1nc(C)c(C)o1. The van der Waals surface area contributed by atoms with E-state index in [2.05, 4.69) is 4.98 Å². The smallest absolute Gasteiger partial charge is 0.240 e. The fourth-order valence-electron chi connectivity index (χ4n) is 2.69. The van der Waals surface area contributed by atoms with Crippen molar-refractivity contribution in [2.75, 3.05) is 20.3 Å². The Kier molecular flexibility index (Phi) is 3.91. The summed E-state index contributed by atoms with van der Waals surface area (Å²) in [5, 5.41) is 0. The van der Waals surface area contributed by atoms with E-state index in [1.165, 1.54) is 0 Å². The van der Waals surface area contributed by atoms with Crippen LogP contribution in [-0.2, 0) is 16.1 Å². The Labute approximate surface area is 112 Å². The number of amides is 1. The minimum Gasteiger partial charge on any atom is -0.444 e. The number of likely N-dealkylation sites (tertiary alicyclic amines) is 1. The summed E-state index contributed by atoms with van der Waals surface area (Å²) >= 11 is 0. The highest BCUT2D eigenvalue weighted by molar-refractivity contribution is 5.85. The largest absolute Gasteiger partial charge is 0.444 e. The van der Waals surface area contributed by atoms with E-state index in [4.69, 9.17) is 14.9 Å². The highest BCUT2D eigenvalue weighted by atomic mass is 16.5. The molecule has 0 aliphatic carbocycles. The van der Waals surface area contributed by atoms with Crippen molar-refractivity contribution in [1.29, 1.82) is 0 Å². The van der Waals surface area contributed by atoms with E-state index in [1.807, 2.05) is 18.7 Å². The quantitative estimate of drug-likeness (QED) is 0.851. The first kappa shape index (κ1) is 14.0. The number of rotatable bonds is 5. The molecule has 1 unspecified atom stereocenters. The van der Waals surface area contributed by atoms with Gasteiger partial charge in [0.2, 0.25) is 11.8 Å². The molecular formula is C13H21N3O3. The molecule has 19 heavy (non-hydrogen) atoms. The van der Waals surface area contributed by atoms with Crippen molar-refractivity contribution in [3.8, 4) is 0 Å². The van der Waals surface area contributed by atoms with Crippen LogP contribution in [0, 0.1) is 13.8 Å². The highest BCUT2D eigenvalue weighted by Crippen LogP contribution is 2.31. The van der Waals surface area contributed by atoms with E-state index >= 15 is 0 Å². The van der Waals surface area contributed by atoms with Gasteiger partial charge in [0.05, 0.1) is 18.8 Å². The number of ether oxygens (including phenoxy) is 1. The molecule has 0 spiro atoms. The molecule has 0 bridgehead atoms. The Bertz CT molecular complexity index is 452. The summed E-state index contributed by atoms with van der Waals surface area (Å²) < 4.78 is 10.8. The average molecular weight is 267 g/mol.